The molecule has 0 bridgehead atoms. The van der Waals surface area contributed by atoms with E-state index in [0.717, 1.165) is 50.8 Å². The minimum atomic E-state index is 0.728. The topological polar surface area (TPSA) is 61.0 Å². The van der Waals surface area contributed by atoms with E-state index in [4.69, 9.17) is 14.5 Å². The minimum absolute atomic E-state index is 0.728. The summed E-state index contributed by atoms with van der Waals surface area (Å²) < 4.78 is 12.9. The normalized spacial score (nSPS) is 12.3. The lowest BCUT2D eigenvalue weighted by Crippen LogP contribution is -2.06. The lowest BCUT2D eigenvalue weighted by Gasteiger charge is -2.12. The van der Waals surface area contributed by atoms with E-state index in [-0.39, 0.29) is 0 Å². The quantitative estimate of drug-likeness (QED) is 0.492. The van der Waals surface area contributed by atoms with Gasteiger partial charge in [0.05, 0.1) is 25.6 Å². The van der Waals surface area contributed by atoms with E-state index >= 15 is 0 Å². The van der Waals surface area contributed by atoms with Crippen molar-refractivity contribution in [2.24, 2.45) is 4.99 Å². The summed E-state index contributed by atoms with van der Waals surface area (Å²) in [4.78, 5) is 9.56. The number of methoxy groups -OCH3 is 2. The van der Waals surface area contributed by atoms with Gasteiger partial charge in [0.1, 0.15) is 29.0 Å². The van der Waals surface area contributed by atoms with Gasteiger partial charge in [0.2, 0.25) is 0 Å². The van der Waals surface area contributed by atoms with E-state index in [0.29, 0.717) is 0 Å². The Morgan fingerprint density at radius 1 is 0.889 bits per heavy atom. The monoisotopic (exact) mass is 356 g/mol. The predicted molar refractivity (Wildman–Crippen MR) is 103 cm³/mol. The minimum Gasteiger partial charge on any atom is -0.497 e. The molecule has 0 atom stereocenters. The first-order chi connectivity index (χ1) is 13.3. The van der Waals surface area contributed by atoms with Crippen LogP contribution in [0, 0.1) is 0 Å². The molecule has 0 saturated carbocycles. The summed E-state index contributed by atoms with van der Waals surface area (Å²) in [7, 11) is 3.30. The molecule has 4 aromatic rings. The molecule has 3 heterocycles. The first kappa shape index (κ1) is 15.6. The van der Waals surface area contributed by atoms with Crippen molar-refractivity contribution < 1.29 is 9.47 Å². The highest BCUT2D eigenvalue weighted by Crippen LogP contribution is 2.39. The summed E-state index contributed by atoms with van der Waals surface area (Å²) >= 11 is 0. The van der Waals surface area contributed by atoms with Gasteiger partial charge in [-0.15, -0.1) is 0 Å². The molecule has 0 amide bonds. The molecular formula is C21H16N4O2. The van der Waals surface area contributed by atoms with Gasteiger partial charge >= 0.3 is 0 Å². The van der Waals surface area contributed by atoms with E-state index < -0.39 is 0 Å². The summed E-state index contributed by atoms with van der Waals surface area (Å²) in [5.41, 5.74) is 6.22. The maximum Gasteiger partial charge on any atom is 0.137 e. The number of hydrogen-bond donors (Lipinski definition) is 0. The summed E-state index contributed by atoms with van der Waals surface area (Å²) in [6, 6.07) is 15.7. The highest BCUT2D eigenvalue weighted by atomic mass is 16.5. The van der Waals surface area contributed by atoms with Crippen LogP contribution < -0.4 is 9.47 Å². The van der Waals surface area contributed by atoms with E-state index in [2.05, 4.69) is 10.1 Å². The van der Waals surface area contributed by atoms with Crippen LogP contribution in [0.4, 0.5) is 5.69 Å². The van der Waals surface area contributed by atoms with Gasteiger partial charge in [0.25, 0.3) is 0 Å². The molecule has 0 saturated heterocycles. The molecule has 1 aliphatic rings. The fraction of sp³-hybridized carbons (Fsp3) is 0.0952. The number of benzene rings is 2. The zero-order chi connectivity index (χ0) is 18.4. The Bertz CT molecular complexity index is 1210. The van der Waals surface area contributed by atoms with Gasteiger partial charge in [-0.2, -0.15) is 5.10 Å². The Balaban J connectivity index is 1.90. The van der Waals surface area contributed by atoms with Gasteiger partial charge in [0.15, 0.2) is 0 Å². The molecule has 27 heavy (non-hydrogen) atoms. The average molecular weight is 356 g/mol. The Labute approximate surface area is 155 Å². The van der Waals surface area contributed by atoms with E-state index in [1.807, 2.05) is 59.2 Å². The highest BCUT2D eigenvalue weighted by Gasteiger charge is 2.24. The van der Waals surface area contributed by atoms with E-state index in [1.165, 1.54) is 0 Å². The maximum absolute atomic E-state index is 5.61. The molecule has 0 unspecified atom stereocenters. The highest BCUT2D eigenvalue weighted by molar-refractivity contribution is 6.22. The number of aliphatic imine (C=N–C) groups is 1. The van der Waals surface area contributed by atoms with Crippen LogP contribution in [0.1, 0.15) is 11.1 Å². The van der Waals surface area contributed by atoms with Crippen molar-refractivity contribution in [3.05, 3.63) is 72.2 Å². The zero-order valence-corrected chi connectivity index (χ0v) is 14.9. The summed E-state index contributed by atoms with van der Waals surface area (Å²) in [6.07, 6.45) is 3.49. The Morgan fingerprint density at radius 2 is 1.78 bits per heavy atom. The van der Waals surface area contributed by atoms with Crippen molar-refractivity contribution in [3.63, 3.8) is 0 Å². The number of para-hydroxylation sites is 1. The van der Waals surface area contributed by atoms with Crippen LogP contribution in [-0.2, 0) is 0 Å². The molecule has 0 fully saturated rings. The second kappa shape index (κ2) is 5.95. The van der Waals surface area contributed by atoms with Gasteiger partial charge in [-0.3, -0.25) is 0 Å². The van der Waals surface area contributed by atoms with Crippen LogP contribution in [0.15, 0.2) is 66.0 Å². The third-order valence-corrected chi connectivity index (χ3v) is 4.76. The molecule has 132 valence electrons. The molecule has 2 aromatic heterocycles. The van der Waals surface area contributed by atoms with Gasteiger partial charge in [-0.1, -0.05) is 18.2 Å². The van der Waals surface area contributed by atoms with Crippen LogP contribution in [-0.4, -0.2) is 34.5 Å². The molecule has 0 N–H and O–H groups in total. The van der Waals surface area contributed by atoms with E-state index in [9.17, 15) is 0 Å². The van der Waals surface area contributed by atoms with Gasteiger partial charge in [0, 0.05) is 22.9 Å². The Hall–Kier alpha value is -3.67. The molecule has 5 rings (SSSR count). The van der Waals surface area contributed by atoms with E-state index in [1.54, 1.807) is 20.5 Å². The maximum atomic E-state index is 5.61. The number of hydrogen-bond acceptors (Lipinski definition) is 5. The van der Waals surface area contributed by atoms with Crippen molar-refractivity contribution in [1.82, 2.24) is 14.6 Å². The zero-order valence-electron chi connectivity index (χ0n) is 14.9. The Morgan fingerprint density at radius 3 is 2.63 bits per heavy atom. The van der Waals surface area contributed by atoms with Gasteiger partial charge < -0.3 is 9.47 Å². The van der Waals surface area contributed by atoms with Gasteiger partial charge in [-0.05, 0) is 30.3 Å². The third kappa shape index (κ3) is 2.30. The predicted octanol–water partition coefficient (Wildman–Crippen LogP) is 3.90. The number of nitrogens with zero attached hydrogens (tertiary/aromatic N) is 4. The lowest BCUT2D eigenvalue weighted by atomic mass is 10.0. The first-order valence-electron chi connectivity index (χ1n) is 8.53. The van der Waals surface area contributed by atoms with Crippen molar-refractivity contribution in [1.29, 1.82) is 0 Å². The SMILES string of the molecule is COc1ccc(OC)c(C2=Nc3ccccc3-c3ncnn4ccc2c34)c1. The molecule has 1 aliphatic heterocycles. The average Bonchev–Trinajstić information content (AvgIpc) is 3.09. The summed E-state index contributed by atoms with van der Waals surface area (Å²) in [6.45, 7) is 0. The van der Waals surface area contributed by atoms with Crippen molar-refractivity contribution >= 4 is 16.9 Å². The number of fused-ring (bicyclic) bond motifs is 2. The van der Waals surface area contributed by atoms with Crippen molar-refractivity contribution in [2.75, 3.05) is 14.2 Å². The van der Waals surface area contributed by atoms with Gasteiger partial charge in [-0.25, -0.2) is 14.5 Å². The number of aromatic nitrogens is 3. The standard InChI is InChI=1S/C21H16N4O2/c1-26-13-7-8-18(27-2)16(11-13)19-15-9-10-25-21(15)20(22-12-23-25)14-5-3-4-6-17(14)24-19/h3-12H,1-2H3. The second-order valence-electron chi connectivity index (χ2n) is 6.18. The van der Waals surface area contributed by atoms with Crippen molar-refractivity contribution in [3.8, 4) is 22.8 Å². The fourth-order valence-electron chi connectivity index (χ4n) is 3.50. The molecule has 0 radical (unpaired) electrons. The van der Waals surface area contributed by atoms with Crippen LogP contribution in [0.2, 0.25) is 0 Å². The van der Waals surface area contributed by atoms with Crippen molar-refractivity contribution in [2.45, 2.75) is 0 Å². The number of rotatable bonds is 3. The van der Waals surface area contributed by atoms with Crippen LogP contribution in [0.25, 0.3) is 16.8 Å². The molecule has 6 heteroatoms. The molecule has 0 aliphatic carbocycles. The summed E-state index contributed by atoms with van der Waals surface area (Å²) in [5, 5.41) is 4.36. The molecular weight excluding hydrogens is 340 g/mol. The second-order valence-corrected chi connectivity index (χ2v) is 6.18. The molecule has 2 aromatic carbocycles. The van der Waals surface area contributed by atoms with Crippen LogP contribution in [0.3, 0.4) is 0 Å². The lowest BCUT2D eigenvalue weighted by molar-refractivity contribution is 0.402. The first-order valence-corrected chi connectivity index (χ1v) is 8.53. The largest absolute Gasteiger partial charge is 0.497 e. The van der Waals surface area contributed by atoms with Crippen LogP contribution >= 0.6 is 0 Å². The molecule has 0 spiro atoms. The smallest absolute Gasteiger partial charge is 0.137 e. The summed E-state index contributed by atoms with van der Waals surface area (Å²) in [5.74, 6) is 1.47. The molecule has 6 nitrogen and oxygen atoms in total. The third-order valence-electron chi connectivity index (χ3n) is 4.76. The Kier molecular flexibility index (Phi) is 3.43. The van der Waals surface area contributed by atoms with Crippen LogP contribution in [0.5, 0.6) is 11.5 Å². The number of ether oxygens (including phenoxy) is 2. The fourth-order valence-corrected chi connectivity index (χ4v) is 3.50.